The van der Waals surface area contributed by atoms with Crippen molar-refractivity contribution in [1.29, 1.82) is 0 Å². The number of benzene rings is 2. The van der Waals surface area contributed by atoms with Gasteiger partial charge in [0.25, 0.3) is 0 Å². The van der Waals surface area contributed by atoms with E-state index in [9.17, 15) is 9.18 Å². The summed E-state index contributed by atoms with van der Waals surface area (Å²) >= 11 is 6.56. The van der Waals surface area contributed by atoms with E-state index in [0.717, 1.165) is 0 Å². The lowest BCUT2D eigenvalue weighted by Gasteiger charge is -2.09. The fraction of sp³-hybridized carbons (Fsp3) is 0.133. The Labute approximate surface area is 138 Å². The molecule has 0 saturated carbocycles. The van der Waals surface area contributed by atoms with Crippen molar-refractivity contribution in [2.24, 2.45) is 0 Å². The Kier molecular flexibility index (Phi) is 5.36. The van der Waals surface area contributed by atoms with E-state index in [1.807, 2.05) is 0 Å². The first kappa shape index (κ1) is 16.0. The van der Waals surface area contributed by atoms with Gasteiger partial charge in [0.15, 0.2) is 12.4 Å². The van der Waals surface area contributed by atoms with Crippen molar-refractivity contribution in [1.82, 2.24) is 0 Å². The third-order valence-electron chi connectivity index (χ3n) is 2.73. The van der Waals surface area contributed by atoms with Gasteiger partial charge in [-0.3, -0.25) is 4.79 Å². The van der Waals surface area contributed by atoms with E-state index >= 15 is 0 Å². The van der Waals surface area contributed by atoms with Gasteiger partial charge in [-0.25, -0.2) is 4.39 Å². The molecule has 0 atom stereocenters. The van der Waals surface area contributed by atoms with E-state index in [1.54, 1.807) is 25.3 Å². The molecule has 21 heavy (non-hydrogen) atoms. The quantitative estimate of drug-likeness (QED) is 0.666. The highest BCUT2D eigenvalue weighted by Crippen LogP contribution is 2.27. The second kappa shape index (κ2) is 7.04. The van der Waals surface area contributed by atoms with Gasteiger partial charge in [-0.2, -0.15) is 0 Å². The Morgan fingerprint density at radius 3 is 2.52 bits per heavy atom. The highest BCUT2D eigenvalue weighted by molar-refractivity contribution is 9.10. The number of ketones is 1. The number of halogens is 3. The number of carbonyl (C=O) groups excluding carboxylic acids is 1. The summed E-state index contributed by atoms with van der Waals surface area (Å²) in [5.41, 5.74) is 0.482. The Morgan fingerprint density at radius 2 is 1.86 bits per heavy atom. The molecule has 0 aromatic heterocycles. The molecule has 0 radical (unpaired) electrons. The van der Waals surface area contributed by atoms with Crippen LogP contribution in [0.5, 0.6) is 11.5 Å². The SMILES string of the molecule is COc1ccc(C(=O)COc2cc(F)ccc2Br)cc1Br. The third-order valence-corrected chi connectivity index (χ3v) is 4.00. The molecule has 0 bridgehead atoms. The van der Waals surface area contributed by atoms with Gasteiger partial charge in [0.2, 0.25) is 0 Å². The number of rotatable bonds is 5. The summed E-state index contributed by atoms with van der Waals surface area (Å²) in [5.74, 6) is 0.290. The molecule has 6 heteroatoms. The predicted octanol–water partition coefficient (Wildman–Crippen LogP) is 4.62. The van der Waals surface area contributed by atoms with Crippen LogP contribution in [0.25, 0.3) is 0 Å². The molecule has 2 aromatic rings. The summed E-state index contributed by atoms with van der Waals surface area (Å²) in [6.07, 6.45) is 0. The molecule has 110 valence electrons. The number of methoxy groups -OCH3 is 1. The minimum Gasteiger partial charge on any atom is -0.496 e. The molecular formula is C15H11Br2FO3. The number of Topliss-reactive ketones (excluding diaryl/α,β-unsaturated/α-hetero) is 1. The summed E-state index contributed by atoms with van der Waals surface area (Å²) in [7, 11) is 1.55. The first-order chi connectivity index (χ1) is 10.0. The molecule has 0 saturated heterocycles. The molecule has 0 spiro atoms. The Bertz CT molecular complexity index is 674. The average molecular weight is 418 g/mol. The molecule has 0 heterocycles. The van der Waals surface area contributed by atoms with Crippen LogP contribution >= 0.6 is 31.9 Å². The minimum atomic E-state index is -0.423. The van der Waals surface area contributed by atoms with E-state index < -0.39 is 5.82 Å². The summed E-state index contributed by atoms with van der Waals surface area (Å²) < 4.78 is 24.8. The van der Waals surface area contributed by atoms with Crippen LogP contribution in [-0.2, 0) is 0 Å². The molecule has 0 aliphatic rings. The monoisotopic (exact) mass is 416 g/mol. The molecule has 0 fully saturated rings. The van der Waals surface area contributed by atoms with Crippen LogP contribution in [0.3, 0.4) is 0 Å². The highest BCUT2D eigenvalue weighted by Gasteiger charge is 2.11. The summed E-state index contributed by atoms with van der Waals surface area (Å²) in [6, 6.07) is 9.05. The molecular weight excluding hydrogens is 407 g/mol. The van der Waals surface area contributed by atoms with Gasteiger partial charge in [0.1, 0.15) is 17.3 Å². The van der Waals surface area contributed by atoms with Crippen molar-refractivity contribution in [3.05, 3.63) is 56.7 Å². The van der Waals surface area contributed by atoms with Crippen molar-refractivity contribution in [2.75, 3.05) is 13.7 Å². The van der Waals surface area contributed by atoms with E-state index in [4.69, 9.17) is 9.47 Å². The molecule has 0 aliphatic heterocycles. The fourth-order valence-corrected chi connectivity index (χ4v) is 2.56. The van der Waals surface area contributed by atoms with Crippen LogP contribution in [0.2, 0.25) is 0 Å². The fourth-order valence-electron chi connectivity index (χ4n) is 1.65. The van der Waals surface area contributed by atoms with Crippen LogP contribution in [0, 0.1) is 5.82 Å². The van der Waals surface area contributed by atoms with Crippen molar-refractivity contribution in [3.8, 4) is 11.5 Å². The van der Waals surface area contributed by atoms with Gasteiger partial charge >= 0.3 is 0 Å². The standard InChI is InChI=1S/C15H11Br2FO3/c1-20-14-5-2-9(6-12(14)17)13(19)8-21-15-7-10(18)3-4-11(15)16/h2-7H,8H2,1H3. The molecule has 0 aliphatic carbocycles. The zero-order valence-corrected chi connectivity index (χ0v) is 14.2. The second-order valence-electron chi connectivity index (χ2n) is 4.14. The van der Waals surface area contributed by atoms with E-state index in [-0.39, 0.29) is 18.1 Å². The van der Waals surface area contributed by atoms with Gasteiger partial charge in [0, 0.05) is 11.6 Å². The molecule has 2 aromatic carbocycles. The molecule has 0 unspecified atom stereocenters. The summed E-state index contributed by atoms with van der Waals surface area (Å²) in [5, 5.41) is 0. The Hall–Kier alpha value is -1.40. The van der Waals surface area contributed by atoms with Crippen molar-refractivity contribution >= 4 is 37.6 Å². The zero-order valence-electron chi connectivity index (χ0n) is 11.0. The topological polar surface area (TPSA) is 35.5 Å². The lowest BCUT2D eigenvalue weighted by atomic mass is 10.1. The smallest absolute Gasteiger partial charge is 0.200 e. The largest absolute Gasteiger partial charge is 0.496 e. The normalized spacial score (nSPS) is 10.3. The van der Waals surface area contributed by atoms with Gasteiger partial charge in [-0.15, -0.1) is 0 Å². The minimum absolute atomic E-state index is 0.180. The maximum absolute atomic E-state index is 13.1. The predicted molar refractivity (Wildman–Crippen MR) is 84.6 cm³/mol. The third kappa shape index (κ3) is 4.04. The maximum Gasteiger partial charge on any atom is 0.200 e. The highest BCUT2D eigenvalue weighted by atomic mass is 79.9. The van der Waals surface area contributed by atoms with E-state index in [1.165, 1.54) is 18.2 Å². The van der Waals surface area contributed by atoms with Gasteiger partial charge in [-0.05, 0) is 62.2 Å². The van der Waals surface area contributed by atoms with Crippen molar-refractivity contribution < 1.29 is 18.7 Å². The van der Waals surface area contributed by atoms with Crippen LogP contribution < -0.4 is 9.47 Å². The van der Waals surface area contributed by atoms with E-state index in [2.05, 4.69) is 31.9 Å². The number of ether oxygens (including phenoxy) is 2. The maximum atomic E-state index is 13.1. The number of hydrogen-bond acceptors (Lipinski definition) is 3. The van der Waals surface area contributed by atoms with E-state index in [0.29, 0.717) is 20.3 Å². The lowest BCUT2D eigenvalue weighted by molar-refractivity contribution is 0.0920. The summed E-state index contributed by atoms with van der Waals surface area (Å²) in [6.45, 7) is -0.180. The number of carbonyl (C=O) groups is 1. The van der Waals surface area contributed by atoms with Gasteiger partial charge in [0.05, 0.1) is 16.1 Å². The Morgan fingerprint density at radius 1 is 1.10 bits per heavy atom. The molecule has 0 amide bonds. The molecule has 0 N–H and O–H groups in total. The molecule has 2 rings (SSSR count). The van der Waals surface area contributed by atoms with Crippen LogP contribution in [-0.4, -0.2) is 19.5 Å². The Balaban J connectivity index is 2.08. The average Bonchev–Trinajstić information content (AvgIpc) is 2.47. The van der Waals surface area contributed by atoms with Crippen LogP contribution in [0.1, 0.15) is 10.4 Å². The van der Waals surface area contributed by atoms with Gasteiger partial charge < -0.3 is 9.47 Å². The lowest BCUT2D eigenvalue weighted by Crippen LogP contribution is -2.12. The van der Waals surface area contributed by atoms with Gasteiger partial charge in [-0.1, -0.05) is 0 Å². The number of hydrogen-bond donors (Lipinski definition) is 0. The van der Waals surface area contributed by atoms with Crippen molar-refractivity contribution in [2.45, 2.75) is 0 Å². The first-order valence-electron chi connectivity index (χ1n) is 5.96. The molecule has 3 nitrogen and oxygen atoms in total. The zero-order chi connectivity index (χ0) is 15.4. The first-order valence-corrected chi connectivity index (χ1v) is 7.54. The van der Waals surface area contributed by atoms with Crippen LogP contribution in [0.15, 0.2) is 45.3 Å². The summed E-state index contributed by atoms with van der Waals surface area (Å²) in [4.78, 5) is 12.1. The second-order valence-corrected chi connectivity index (χ2v) is 5.84. The van der Waals surface area contributed by atoms with Crippen molar-refractivity contribution in [3.63, 3.8) is 0 Å². The van der Waals surface area contributed by atoms with Crippen LogP contribution in [0.4, 0.5) is 4.39 Å².